The highest BCUT2D eigenvalue weighted by Crippen LogP contribution is 2.52. The Bertz CT molecular complexity index is 1120. The second kappa shape index (κ2) is 5.70. The Hall–Kier alpha value is -3.09. The molecule has 0 bridgehead atoms. The highest BCUT2D eigenvalue weighted by molar-refractivity contribution is 6.11. The van der Waals surface area contributed by atoms with Gasteiger partial charge in [-0.3, -0.25) is 9.78 Å². The van der Waals surface area contributed by atoms with Gasteiger partial charge in [0, 0.05) is 36.1 Å². The summed E-state index contributed by atoms with van der Waals surface area (Å²) in [5, 5.41) is 0. The predicted molar refractivity (Wildman–Crippen MR) is 97.1 cm³/mol. The quantitative estimate of drug-likeness (QED) is 0.660. The zero-order valence-electron chi connectivity index (χ0n) is 14.9. The molecular formula is C20H18N2O5. The Kier molecular flexibility index (Phi) is 3.40. The van der Waals surface area contributed by atoms with Crippen molar-refractivity contribution in [3.63, 3.8) is 0 Å². The molecule has 1 unspecified atom stereocenters. The number of anilines is 1. The van der Waals surface area contributed by atoms with Crippen molar-refractivity contribution in [2.75, 3.05) is 18.1 Å². The van der Waals surface area contributed by atoms with E-state index in [9.17, 15) is 9.59 Å². The summed E-state index contributed by atoms with van der Waals surface area (Å²) in [6.45, 7) is 2.99. The van der Waals surface area contributed by atoms with Crippen molar-refractivity contribution in [2.45, 2.75) is 31.6 Å². The topological polar surface area (TPSA) is 85.8 Å². The van der Waals surface area contributed by atoms with Crippen LogP contribution in [0.3, 0.4) is 0 Å². The Balaban J connectivity index is 1.68. The Morgan fingerprint density at radius 3 is 2.78 bits per heavy atom. The van der Waals surface area contributed by atoms with E-state index in [-0.39, 0.29) is 12.5 Å². The van der Waals surface area contributed by atoms with Crippen LogP contribution in [0.1, 0.15) is 37.3 Å². The highest BCUT2D eigenvalue weighted by Gasteiger charge is 2.57. The maximum atomic E-state index is 13.6. The molecule has 0 saturated heterocycles. The number of benzene rings is 1. The van der Waals surface area contributed by atoms with Crippen molar-refractivity contribution in [3.05, 3.63) is 52.3 Å². The molecular weight excluding hydrogens is 348 g/mol. The van der Waals surface area contributed by atoms with Gasteiger partial charge in [-0.05, 0) is 18.6 Å². The first-order valence-corrected chi connectivity index (χ1v) is 9.12. The lowest BCUT2D eigenvalue weighted by Crippen LogP contribution is -2.42. The molecule has 3 aromatic rings. The number of carbonyl (C=O) groups excluding carboxylic acids is 1. The summed E-state index contributed by atoms with van der Waals surface area (Å²) in [7, 11) is 0. The van der Waals surface area contributed by atoms with Crippen LogP contribution in [0, 0.1) is 0 Å². The molecule has 0 fully saturated rings. The van der Waals surface area contributed by atoms with Gasteiger partial charge in [-0.25, -0.2) is 4.79 Å². The smallest absolute Gasteiger partial charge is 0.491 e. The Morgan fingerprint density at radius 1 is 1.15 bits per heavy atom. The number of aromatic nitrogens is 1. The summed E-state index contributed by atoms with van der Waals surface area (Å²) in [5.41, 5.74) is 2.05. The molecule has 2 aliphatic heterocycles. The molecule has 1 aromatic carbocycles. The van der Waals surface area contributed by atoms with E-state index in [1.54, 1.807) is 24.5 Å². The van der Waals surface area contributed by atoms with Gasteiger partial charge in [-0.1, -0.05) is 19.8 Å². The molecule has 5 rings (SSSR count). The minimum atomic E-state index is -0.963. The lowest BCUT2D eigenvalue weighted by Gasteiger charge is -2.22. The van der Waals surface area contributed by atoms with Crippen molar-refractivity contribution >= 4 is 22.8 Å². The average Bonchev–Trinajstić information content (AvgIpc) is 3.29. The zero-order chi connectivity index (χ0) is 18.6. The number of unbranched alkanes of at least 4 members (excludes halogenated alkanes) is 2. The molecule has 0 aliphatic carbocycles. The summed E-state index contributed by atoms with van der Waals surface area (Å²) in [6, 6.07) is 5.18. The molecule has 0 saturated carbocycles. The van der Waals surface area contributed by atoms with Crippen molar-refractivity contribution in [3.8, 4) is 5.75 Å². The largest absolute Gasteiger partial charge is 0.519 e. The Labute approximate surface area is 154 Å². The van der Waals surface area contributed by atoms with Crippen molar-refractivity contribution in [2.24, 2.45) is 0 Å². The van der Waals surface area contributed by atoms with E-state index in [1.165, 1.54) is 0 Å². The summed E-state index contributed by atoms with van der Waals surface area (Å²) < 4.78 is 16.0. The fourth-order valence-electron chi connectivity index (χ4n) is 4.17. The maximum Gasteiger partial charge on any atom is 0.519 e. The summed E-state index contributed by atoms with van der Waals surface area (Å²) in [6.07, 6.45) is 6.52. The highest BCUT2D eigenvalue weighted by atomic mass is 16.6. The third kappa shape index (κ3) is 2.11. The molecule has 1 spiro atoms. The van der Waals surface area contributed by atoms with Gasteiger partial charge in [0.1, 0.15) is 17.8 Å². The van der Waals surface area contributed by atoms with E-state index in [4.69, 9.17) is 13.6 Å². The molecule has 7 heteroatoms. The maximum absolute atomic E-state index is 13.6. The molecule has 1 amide bonds. The first kappa shape index (κ1) is 16.1. The normalized spacial score (nSPS) is 20.3. The van der Waals surface area contributed by atoms with Crippen LogP contribution in [0.25, 0.3) is 11.2 Å². The van der Waals surface area contributed by atoms with Crippen LogP contribution < -0.4 is 15.5 Å². The minimum absolute atomic E-state index is 0.0226. The van der Waals surface area contributed by atoms with Gasteiger partial charge in [-0.15, -0.1) is 0 Å². The van der Waals surface area contributed by atoms with E-state index in [0.717, 1.165) is 30.5 Å². The van der Waals surface area contributed by atoms with Crippen LogP contribution in [0.2, 0.25) is 0 Å². The van der Waals surface area contributed by atoms with Gasteiger partial charge in [0.05, 0.1) is 5.69 Å². The second-order valence-electron chi connectivity index (χ2n) is 7.00. The van der Waals surface area contributed by atoms with E-state index in [0.29, 0.717) is 29.0 Å². The monoisotopic (exact) mass is 366 g/mol. The second-order valence-corrected chi connectivity index (χ2v) is 7.00. The number of pyridine rings is 1. The predicted octanol–water partition coefficient (Wildman–Crippen LogP) is 3.00. The number of ether oxygens (including phenoxy) is 1. The number of fused-ring (bicyclic) bond motifs is 5. The fraction of sp³-hybridized carbons (Fsp3) is 0.350. The molecule has 27 heavy (non-hydrogen) atoms. The lowest BCUT2D eigenvalue weighted by atomic mass is 9.77. The van der Waals surface area contributed by atoms with Gasteiger partial charge >= 0.3 is 5.82 Å². The molecule has 7 nitrogen and oxygen atoms in total. The molecule has 2 aromatic heterocycles. The molecule has 1 atom stereocenters. The lowest BCUT2D eigenvalue weighted by molar-refractivity contribution is -0.122. The number of amides is 1. The first-order chi connectivity index (χ1) is 13.1. The van der Waals surface area contributed by atoms with Gasteiger partial charge in [0.25, 0.3) is 0 Å². The van der Waals surface area contributed by atoms with Gasteiger partial charge < -0.3 is 18.5 Å². The standard InChI is InChI=1S/C20H18N2O5/c1-2-3-4-7-22-14-5-6-21-10-13(14)20(18(22)23)11-25-15-9-17-16(8-12(15)20)26-19(24)27-17/h5-6,8-10H,2-4,7,11H2,1H3. The van der Waals surface area contributed by atoms with Crippen molar-refractivity contribution < 1.29 is 18.4 Å². The zero-order valence-corrected chi connectivity index (χ0v) is 14.9. The van der Waals surface area contributed by atoms with E-state index in [1.807, 2.05) is 11.0 Å². The van der Waals surface area contributed by atoms with E-state index >= 15 is 0 Å². The first-order valence-electron chi connectivity index (χ1n) is 9.12. The fourth-order valence-corrected chi connectivity index (χ4v) is 4.17. The Morgan fingerprint density at radius 2 is 1.96 bits per heavy atom. The molecule has 2 aliphatic rings. The number of hydrogen-bond donors (Lipinski definition) is 0. The third-order valence-electron chi connectivity index (χ3n) is 5.48. The molecule has 0 radical (unpaired) electrons. The SMILES string of the molecule is CCCCCN1C(=O)C2(COc3cc4oc(=O)oc4cc32)c2cnccc21. The van der Waals surface area contributed by atoms with Crippen molar-refractivity contribution in [1.29, 1.82) is 0 Å². The van der Waals surface area contributed by atoms with E-state index < -0.39 is 11.2 Å². The molecule has 4 heterocycles. The van der Waals surface area contributed by atoms with Crippen LogP contribution in [0.4, 0.5) is 5.69 Å². The number of rotatable bonds is 4. The molecule has 138 valence electrons. The van der Waals surface area contributed by atoms with E-state index in [2.05, 4.69) is 11.9 Å². The average molecular weight is 366 g/mol. The van der Waals surface area contributed by atoms with Crippen LogP contribution in [0.5, 0.6) is 5.75 Å². The van der Waals surface area contributed by atoms with Crippen molar-refractivity contribution in [1.82, 2.24) is 4.98 Å². The molecule has 0 N–H and O–H groups in total. The minimum Gasteiger partial charge on any atom is -0.491 e. The van der Waals surface area contributed by atoms with Crippen LogP contribution in [-0.2, 0) is 10.2 Å². The van der Waals surface area contributed by atoms with Crippen LogP contribution in [-0.4, -0.2) is 24.0 Å². The number of hydrogen-bond acceptors (Lipinski definition) is 6. The van der Waals surface area contributed by atoms with Gasteiger partial charge in [0.2, 0.25) is 5.91 Å². The number of carbonyl (C=O) groups is 1. The van der Waals surface area contributed by atoms with Gasteiger partial charge in [-0.2, -0.15) is 0 Å². The summed E-state index contributed by atoms with van der Waals surface area (Å²) in [4.78, 5) is 31.1. The third-order valence-corrected chi connectivity index (χ3v) is 5.48. The summed E-state index contributed by atoms with van der Waals surface area (Å²) in [5.74, 6) is -0.264. The van der Waals surface area contributed by atoms with Crippen LogP contribution >= 0.6 is 0 Å². The summed E-state index contributed by atoms with van der Waals surface area (Å²) >= 11 is 0. The van der Waals surface area contributed by atoms with Crippen LogP contribution in [0.15, 0.2) is 44.2 Å². The van der Waals surface area contributed by atoms with Gasteiger partial charge in [0.15, 0.2) is 11.2 Å². The number of nitrogens with zero attached hydrogens (tertiary/aromatic N) is 2.